The second-order valence-electron chi connectivity index (χ2n) is 4.30. The minimum Gasteiger partial charge on any atom is -0.207 e. The Bertz CT molecular complexity index is 455. The summed E-state index contributed by atoms with van der Waals surface area (Å²) in [7, 11) is -3.26. The average molecular weight is 239 g/mol. The van der Waals surface area contributed by atoms with Gasteiger partial charge >= 0.3 is 0 Å². The Labute approximate surface area is 97.1 Å². The van der Waals surface area contributed by atoms with Crippen molar-refractivity contribution in [2.24, 2.45) is 5.92 Å². The van der Waals surface area contributed by atoms with Gasteiger partial charge in [0.25, 0.3) is 0 Å². The van der Waals surface area contributed by atoms with Crippen LogP contribution in [0.1, 0.15) is 20.3 Å². The Balaban J connectivity index is 2.23. The monoisotopic (exact) mass is 239 g/mol. The lowest BCUT2D eigenvalue weighted by molar-refractivity contribution is 0.113. The molecule has 2 rings (SSSR count). The Morgan fingerprint density at radius 3 is 2.44 bits per heavy atom. The van der Waals surface area contributed by atoms with E-state index < -0.39 is 10.0 Å². The minimum atomic E-state index is -3.26. The molecule has 0 aromatic heterocycles. The average Bonchev–Trinajstić information content (AvgIpc) is 2.28. The van der Waals surface area contributed by atoms with Crippen molar-refractivity contribution in [1.29, 1.82) is 0 Å². The number of nitrogens with zero attached hydrogens (tertiary/aromatic N) is 1. The van der Waals surface area contributed by atoms with Gasteiger partial charge in [-0.15, -0.1) is 0 Å². The van der Waals surface area contributed by atoms with Crippen LogP contribution in [0.25, 0.3) is 0 Å². The van der Waals surface area contributed by atoms with Gasteiger partial charge in [-0.1, -0.05) is 31.5 Å². The van der Waals surface area contributed by atoms with Crippen LogP contribution in [0.3, 0.4) is 0 Å². The van der Waals surface area contributed by atoms with Crippen molar-refractivity contribution in [2.75, 3.05) is 6.54 Å². The fourth-order valence-electron chi connectivity index (χ4n) is 2.16. The van der Waals surface area contributed by atoms with Crippen molar-refractivity contribution >= 4 is 10.0 Å². The zero-order valence-corrected chi connectivity index (χ0v) is 10.4. The summed E-state index contributed by atoms with van der Waals surface area (Å²) in [4.78, 5) is 0.399. The molecule has 1 aliphatic rings. The quantitative estimate of drug-likeness (QED) is 0.810. The molecule has 1 aromatic carbocycles. The van der Waals surface area contributed by atoms with Crippen molar-refractivity contribution in [2.45, 2.75) is 31.2 Å². The maximum absolute atomic E-state index is 12.2. The number of benzene rings is 1. The third kappa shape index (κ3) is 1.76. The van der Waals surface area contributed by atoms with E-state index in [1.807, 2.05) is 13.0 Å². The lowest BCUT2D eigenvalue weighted by Gasteiger charge is -2.44. The summed E-state index contributed by atoms with van der Waals surface area (Å²) in [5.41, 5.74) is 0. The Morgan fingerprint density at radius 1 is 1.31 bits per heavy atom. The molecule has 3 nitrogen and oxygen atoms in total. The van der Waals surface area contributed by atoms with Crippen molar-refractivity contribution in [1.82, 2.24) is 4.31 Å². The highest BCUT2D eigenvalue weighted by Gasteiger charge is 2.42. The van der Waals surface area contributed by atoms with Crippen LogP contribution in [0.4, 0.5) is 0 Å². The first kappa shape index (κ1) is 11.6. The van der Waals surface area contributed by atoms with Gasteiger partial charge in [-0.3, -0.25) is 0 Å². The third-order valence-electron chi connectivity index (χ3n) is 3.43. The molecular weight excluding hydrogens is 222 g/mol. The van der Waals surface area contributed by atoms with Crippen LogP contribution in [0.5, 0.6) is 0 Å². The van der Waals surface area contributed by atoms with Crippen molar-refractivity contribution in [3.63, 3.8) is 0 Å². The largest absolute Gasteiger partial charge is 0.243 e. The highest BCUT2D eigenvalue weighted by atomic mass is 32.2. The molecule has 0 aliphatic carbocycles. The lowest BCUT2D eigenvalue weighted by atomic mass is 9.91. The molecule has 88 valence electrons. The molecule has 0 radical (unpaired) electrons. The van der Waals surface area contributed by atoms with Crippen LogP contribution in [0.2, 0.25) is 0 Å². The van der Waals surface area contributed by atoms with Crippen molar-refractivity contribution < 1.29 is 8.42 Å². The molecule has 0 saturated carbocycles. The Kier molecular flexibility index (Phi) is 3.04. The van der Waals surface area contributed by atoms with Crippen LogP contribution in [0, 0.1) is 5.92 Å². The van der Waals surface area contributed by atoms with Crippen LogP contribution < -0.4 is 0 Å². The number of hydrogen-bond acceptors (Lipinski definition) is 2. The van der Waals surface area contributed by atoms with E-state index in [1.165, 1.54) is 0 Å². The standard InChI is InChI=1S/C12H17NO2S/c1-3-11-9-13(10(11)2)16(14,15)12-7-5-4-6-8-12/h4-8,10-11H,3,9H2,1-2H3/t10-,11+/m1/s1. The normalized spacial score (nSPS) is 26.4. The minimum absolute atomic E-state index is 0.134. The molecule has 2 atom stereocenters. The van der Waals surface area contributed by atoms with E-state index in [2.05, 4.69) is 6.92 Å². The maximum Gasteiger partial charge on any atom is 0.243 e. The fourth-order valence-corrected chi connectivity index (χ4v) is 3.93. The number of sulfonamides is 1. The summed E-state index contributed by atoms with van der Waals surface area (Å²) in [6.07, 6.45) is 1.04. The molecule has 0 spiro atoms. The van der Waals surface area contributed by atoms with Crippen LogP contribution in [-0.2, 0) is 10.0 Å². The summed E-state index contributed by atoms with van der Waals surface area (Å²) in [5, 5.41) is 0. The van der Waals surface area contributed by atoms with Gasteiger partial charge in [-0.25, -0.2) is 8.42 Å². The molecule has 0 unspecified atom stereocenters. The second kappa shape index (κ2) is 4.18. The number of rotatable bonds is 3. The molecule has 1 heterocycles. The predicted octanol–water partition coefficient (Wildman–Crippen LogP) is 2.11. The van der Waals surface area contributed by atoms with Gasteiger partial charge in [0.15, 0.2) is 0 Å². The molecule has 16 heavy (non-hydrogen) atoms. The predicted molar refractivity (Wildman–Crippen MR) is 63.6 cm³/mol. The molecule has 1 aromatic rings. The second-order valence-corrected chi connectivity index (χ2v) is 6.19. The zero-order chi connectivity index (χ0) is 11.8. The summed E-state index contributed by atoms with van der Waals surface area (Å²) < 4.78 is 26.0. The molecule has 1 aliphatic heterocycles. The third-order valence-corrected chi connectivity index (χ3v) is 5.39. The highest BCUT2D eigenvalue weighted by Crippen LogP contribution is 2.32. The summed E-state index contributed by atoms with van der Waals surface area (Å²) >= 11 is 0. The Hall–Kier alpha value is -0.870. The van der Waals surface area contributed by atoms with Crippen molar-refractivity contribution in [3.05, 3.63) is 30.3 Å². The van der Waals surface area contributed by atoms with Gasteiger partial charge < -0.3 is 0 Å². The fraction of sp³-hybridized carbons (Fsp3) is 0.500. The van der Waals surface area contributed by atoms with Crippen LogP contribution >= 0.6 is 0 Å². The Morgan fingerprint density at radius 2 is 1.94 bits per heavy atom. The van der Waals surface area contributed by atoms with Crippen LogP contribution in [-0.4, -0.2) is 25.3 Å². The first-order valence-corrected chi connectivity index (χ1v) is 7.08. The van der Waals surface area contributed by atoms with E-state index in [4.69, 9.17) is 0 Å². The van der Waals surface area contributed by atoms with Gasteiger partial charge in [0.1, 0.15) is 0 Å². The molecule has 0 bridgehead atoms. The van der Waals surface area contributed by atoms with E-state index in [1.54, 1.807) is 28.6 Å². The molecule has 1 fully saturated rings. The number of hydrogen-bond donors (Lipinski definition) is 0. The van der Waals surface area contributed by atoms with Gasteiger partial charge in [0, 0.05) is 12.6 Å². The van der Waals surface area contributed by atoms with Gasteiger partial charge in [0.05, 0.1) is 4.90 Å². The topological polar surface area (TPSA) is 37.4 Å². The summed E-state index contributed by atoms with van der Waals surface area (Å²) in [6.45, 7) is 4.75. The van der Waals surface area contributed by atoms with Crippen LogP contribution in [0.15, 0.2) is 35.2 Å². The van der Waals surface area contributed by atoms with E-state index in [0.717, 1.165) is 6.42 Å². The molecule has 0 amide bonds. The first-order chi connectivity index (χ1) is 7.57. The molecular formula is C12H17NO2S. The van der Waals surface area contributed by atoms with Gasteiger partial charge in [-0.05, 0) is 25.0 Å². The smallest absolute Gasteiger partial charge is 0.207 e. The molecule has 4 heteroatoms. The summed E-state index contributed by atoms with van der Waals surface area (Å²) in [6, 6.07) is 8.79. The van der Waals surface area contributed by atoms with E-state index in [-0.39, 0.29) is 6.04 Å². The van der Waals surface area contributed by atoms with Gasteiger partial charge in [-0.2, -0.15) is 4.31 Å². The van der Waals surface area contributed by atoms with E-state index in [0.29, 0.717) is 17.4 Å². The summed E-state index contributed by atoms with van der Waals surface area (Å²) in [5.74, 6) is 0.512. The molecule has 1 saturated heterocycles. The zero-order valence-electron chi connectivity index (χ0n) is 9.63. The van der Waals surface area contributed by atoms with Crippen molar-refractivity contribution in [3.8, 4) is 0 Å². The lowest BCUT2D eigenvalue weighted by Crippen LogP contribution is -2.56. The highest BCUT2D eigenvalue weighted by molar-refractivity contribution is 7.89. The van der Waals surface area contributed by atoms with E-state index >= 15 is 0 Å². The van der Waals surface area contributed by atoms with Gasteiger partial charge in [0.2, 0.25) is 10.0 Å². The molecule has 0 N–H and O–H groups in total. The SMILES string of the molecule is CC[C@H]1CN(S(=O)(=O)c2ccccc2)[C@@H]1C. The maximum atomic E-state index is 12.2. The van der Waals surface area contributed by atoms with E-state index in [9.17, 15) is 8.42 Å². The first-order valence-electron chi connectivity index (χ1n) is 5.64.